The second-order valence-corrected chi connectivity index (χ2v) is 10.5. The minimum atomic E-state index is -1.69. The Morgan fingerprint density at radius 1 is 1.33 bits per heavy atom. The van der Waals surface area contributed by atoms with Crippen LogP contribution in [0.1, 0.15) is 47.5 Å². The van der Waals surface area contributed by atoms with Crippen molar-refractivity contribution in [1.82, 2.24) is 0 Å². The van der Waals surface area contributed by atoms with Crippen molar-refractivity contribution >= 4 is 8.32 Å². The summed E-state index contributed by atoms with van der Waals surface area (Å²) < 4.78 is 6.05. The predicted octanol–water partition coefficient (Wildman–Crippen LogP) is 3.56. The molecule has 0 aliphatic carbocycles. The molecule has 0 aromatic rings. The fourth-order valence-electron chi connectivity index (χ4n) is 1.48. The number of aliphatic hydroxyl groups is 1. The molecule has 2 atom stereocenters. The molecule has 2 nitrogen and oxygen atoms in total. The first-order chi connectivity index (χ1) is 6.73. The van der Waals surface area contributed by atoms with E-state index in [2.05, 4.69) is 34.2 Å². The number of aliphatic hydroxyl groups excluding tert-OH is 1. The average molecular weight is 232 g/mol. The van der Waals surface area contributed by atoms with Gasteiger partial charge in [0.2, 0.25) is 0 Å². The molecule has 0 saturated carbocycles. The van der Waals surface area contributed by atoms with Gasteiger partial charge in [-0.15, -0.1) is 0 Å². The van der Waals surface area contributed by atoms with Gasteiger partial charge in [-0.2, -0.15) is 0 Å². The van der Waals surface area contributed by atoms with Gasteiger partial charge in [-0.05, 0) is 24.6 Å². The second kappa shape index (κ2) is 6.02. The summed E-state index contributed by atoms with van der Waals surface area (Å²) in [6.07, 6.45) is 2.11. The quantitative estimate of drug-likeness (QED) is 0.710. The first-order valence-corrected chi connectivity index (χ1v) is 8.66. The molecule has 0 heterocycles. The summed E-state index contributed by atoms with van der Waals surface area (Å²) in [6.45, 7) is 13.6. The van der Waals surface area contributed by atoms with Gasteiger partial charge >= 0.3 is 0 Å². The predicted molar refractivity (Wildman–Crippen MR) is 68.7 cm³/mol. The highest BCUT2D eigenvalue weighted by molar-refractivity contribution is 6.75. The van der Waals surface area contributed by atoms with Gasteiger partial charge in [0.05, 0.1) is 12.7 Å². The van der Waals surface area contributed by atoms with E-state index in [1.165, 1.54) is 18.9 Å². The first-order valence-electron chi connectivity index (χ1n) is 6.05. The van der Waals surface area contributed by atoms with Crippen LogP contribution < -0.4 is 0 Å². The number of rotatable bonds is 6. The average Bonchev–Trinajstić information content (AvgIpc) is 2.09. The van der Waals surface area contributed by atoms with Crippen molar-refractivity contribution in [3.63, 3.8) is 0 Å². The van der Waals surface area contributed by atoms with E-state index >= 15 is 0 Å². The molecule has 0 aliphatic heterocycles. The topological polar surface area (TPSA) is 29.5 Å². The molecule has 0 rings (SSSR count). The normalized spacial score (nSPS) is 18.6. The number of hydrogen-bond acceptors (Lipinski definition) is 2. The number of hydrogen-bond donors (Lipinski definition) is 1. The zero-order valence-electron chi connectivity index (χ0n) is 11.3. The van der Waals surface area contributed by atoms with Crippen LogP contribution in [0.4, 0.5) is 0 Å². The Morgan fingerprint density at radius 3 is 2.20 bits per heavy atom. The molecule has 0 aromatic carbocycles. The van der Waals surface area contributed by atoms with E-state index in [1.807, 2.05) is 0 Å². The molecule has 0 spiro atoms. The van der Waals surface area contributed by atoms with Crippen LogP contribution in [0.3, 0.4) is 0 Å². The lowest BCUT2D eigenvalue weighted by Crippen LogP contribution is -2.45. The van der Waals surface area contributed by atoms with E-state index < -0.39 is 8.32 Å². The third kappa shape index (κ3) is 5.14. The van der Waals surface area contributed by atoms with Crippen LogP contribution in [0.2, 0.25) is 17.6 Å². The van der Waals surface area contributed by atoms with Crippen LogP contribution in [0, 0.1) is 0 Å². The minimum Gasteiger partial charge on any atom is -0.414 e. The zero-order chi connectivity index (χ0) is 12.1. The zero-order valence-corrected chi connectivity index (χ0v) is 12.3. The summed E-state index contributed by atoms with van der Waals surface area (Å²) in [7, 11) is -1.69. The van der Waals surface area contributed by atoms with Gasteiger partial charge in [-0.3, -0.25) is 0 Å². The van der Waals surface area contributed by atoms with E-state index in [0.717, 1.165) is 0 Å². The van der Waals surface area contributed by atoms with Gasteiger partial charge in [0.15, 0.2) is 8.32 Å². The highest BCUT2D eigenvalue weighted by atomic mass is 28.4. The maximum atomic E-state index is 9.30. The Hall–Kier alpha value is 0.137. The summed E-state index contributed by atoms with van der Waals surface area (Å²) in [5, 5.41) is 9.55. The van der Waals surface area contributed by atoms with E-state index in [9.17, 15) is 5.11 Å². The van der Waals surface area contributed by atoms with Gasteiger partial charge < -0.3 is 9.53 Å². The fourth-order valence-corrected chi connectivity index (χ4v) is 4.45. The molecule has 92 valence electrons. The van der Waals surface area contributed by atoms with E-state index in [4.69, 9.17) is 4.43 Å². The van der Waals surface area contributed by atoms with Crippen LogP contribution in [0.25, 0.3) is 0 Å². The van der Waals surface area contributed by atoms with Crippen LogP contribution in [-0.2, 0) is 4.43 Å². The monoisotopic (exact) mass is 232 g/mol. The minimum absolute atomic E-state index is 0.247. The maximum Gasteiger partial charge on any atom is 0.195 e. The Labute approximate surface area is 96.2 Å². The molecular weight excluding hydrogens is 204 g/mol. The molecule has 0 aromatic heterocycles. The van der Waals surface area contributed by atoms with Crippen molar-refractivity contribution in [3.05, 3.63) is 0 Å². The van der Waals surface area contributed by atoms with Crippen molar-refractivity contribution in [3.8, 4) is 0 Å². The molecule has 1 N–H and O–H groups in total. The van der Waals surface area contributed by atoms with Crippen LogP contribution >= 0.6 is 0 Å². The van der Waals surface area contributed by atoms with Crippen LogP contribution in [0.5, 0.6) is 0 Å². The van der Waals surface area contributed by atoms with E-state index in [-0.39, 0.29) is 11.1 Å². The molecule has 2 unspecified atom stereocenters. The maximum absolute atomic E-state index is 9.30. The van der Waals surface area contributed by atoms with Gasteiger partial charge in [0, 0.05) is 0 Å². The largest absolute Gasteiger partial charge is 0.414 e. The lowest BCUT2D eigenvalue weighted by molar-refractivity contribution is 0.113. The van der Waals surface area contributed by atoms with Gasteiger partial charge in [0.1, 0.15) is 0 Å². The number of unbranched alkanes of at least 4 members (excludes halogenated alkanes) is 1. The fraction of sp³-hybridized carbons (Fsp3) is 1.00. The standard InChI is InChI=1S/C12H28O2Si/c1-7-8-9-15(6,12(3,4)5)14-10-11(2)13/h11,13H,7-10H2,1-6H3. The summed E-state index contributed by atoms with van der Waals surface area (Å²) in [4.78, 5) is 0. The van der Waals surface area contributed by atoms with Crippen LogP contribution in [-0.4, -0.2) is 26.1 Å². The Kier molecular flexibility index (Phi) is 6.07. The molecular formula is C12H28O2Si. The molecule has 0 aliphatic rings. The highest BCUT2D eigenvalue weighted by Crippen LogP contribution is 2.40. The summed E-state index contributed by atoms with van der Waals surface area (Å²) >= 11 is 0. The van der Waals surface area contributed by atoms with Crippen LogP contribution in [0.15, 0.2) is 0 Å². The lowest BCUT2D eigenvalue weighted by Gasteiger charge is -2.40. The molecule has 0 bridgehead atoms. The van der Waals surface area contributed by atoms with Gasteiger partial charge in [-0.25, -0.2) is 0 Å². The SMILES string of the molecule is CCCC[Si](C)(OCC(C)O)C(C)(C)C. The van der Waals surface area contributed by atoms with E-state index in [1.54, 1.807) is 6.92 Å². The van der Waals surface area contributed by atoms with E-state index in [0.29, 0.717) is 6.61 Å². The highest BCUT2D eigenvalue weighted by Gasteiger charge is 2.41. The van der Waals surface area contributed by atoms with Crippen molar-refractivity contribution < 1.29 is 9.53 Å². The molecule has 0 amide bonds. The van der Waals surface area contributed by atoms with Crippen molar-refractivity contribution in [2.24, 2.45) is 0 Å². The summed E-state index contributed by atoms with van der Waals surface area (Å²) in [6, 6.07) is 1.19. The smallest absolute Gasteiger partial charge is 0.195 e. The van der Waals surface area contributed by atoms with Crippen molar-refractivity contribution in [1.29, 1.82) is 0 Å². The Morgan fingerprint density at radius 2 is 1.87 bits per heavy atom. The first kappa shape index (κ1) is 15.1. The Bertz CT molecular complexity index is 175. The molecule has 15 heavy (non-hydrogen) atoms. The summed E-state index contributed by atoms with van der Waals surface area (Å²) in [5.74, 6) is 0. The van der Waals surface area contributed by atoms with Gasteiger partial charge in [-0.1, -0.05) is 40.5 Å². The van der Waals surface area contributed by atoms with Crippen molar-refractivity contribution in [2.45, 2.75) is 71.2 Å². The van der Waals surface area contributed by atoms with Gasteiger partial charge in [0.25, 0.3) is 0 Å². The van der Waals surface area contributed by atoms with Crippen molar-refractivity contribution in [2.75, 3.05) is 6.61 Å². The molecule has 0 fully saturated rings. The molecule has 0 radical (unpaired) electrons. The Balaban J connectivity index is 4.41. The molecule has 0 saturated heterocycles. The third-order valence-electron chi connectivity index (χ3n) is 3.24. The lowest BCUT2D eigenvalue weighted by atomic mass is 10.2. The summed E-state index contributed by atoms with van der Waals surface area (Å²) in [5.41, 5.74) is 0. The molecule has 3 heteroatoms. The third-order valence-corrected chi connectivity index (χ3v) is 8.52. The second-order valence-electron chi connectivity index (χ2n) is 5.74.